The summed E-state index contributed by atoms with van der Waals surface area (Å²) in [7, 11) is 0. The lowest BCUT2D eigenvalue weighted by Crippen LogP contribution is -2.40. The maximum atomic E-state index is 12.6. The first-order valence-corrected chi connectivity index (χ1v) is 11.3. The van der Waals surface area contributed by atoms with Crippen LogP contribution in [0.4, 0.5) is 5.69 Å². The quantitative estimate of drug-likeness (QED) is 0.585. The zero-order valence-electron chi connectivity index (χ0n) is 17.5. The predicted molar refractivity (Wildman–Crippen MR) is 120 cm³/mol. The molecular weight excluding hydrogens is 412 g/mol. The van der Waals surface area contributed by atoms with Crippen molar-refractivity contribution in [3.05, 3.63) is 70.1 Å². The smallest absolute Gasteiger partial charge is 0.291 e. The molecule has 1 aliphatic rings. The van der Waals surface area contributed by atoms with Crippen LogP contribution in [0.2, 0.25) is 0 Å². The molecule has 0 saturated carbocycles. The van der Waals surface area contributed by atoms with Crippen LogP contribution in [0, 0.1) is 12.8 Å². The van der Waals surface area contributed by atoms with Crippen molar-refractivity contribution in [3.63, 3.8) is 0 Å². The Labute approximate surface area is 185 Å². The number of carbonyl (C=O) groups is 2. The van der Waals surface area contributed by atoms with Crippen LogP contribution >= 0.6 is 11.3 Å². The van der Waals surface area contributed by atoms with Gasteiger partial charge in [0.05, 0.1) is 17.0 Å². The zero-order chi connectivity index (χ0) is 21.6. The van der Waals surface area contributed by atoms with Crippen molar-refractivity contribution in [1.29, 1.82) is 0 Å². The van der Waals surface area contributed by atoms with Crippen LogP contribution in [-0.4, -0.2) is 34.8 Å². The summed E-state index contributed by atoms with van der Waals surface area (Å²) in [4.78, 5) is 31.5. The van der Waals surface area contributed by atoms with Crippen molar-refractivity contribution in [3.8, 4) is 0 Å². The van der Waals surface area contributed by atoms with Gasteiger partial charge in [0.25, 0.3) is 5.91 Å². The molecular formula is C23H26N4O3S. The molecule has 3 aromatic rings. The Morgan fingerprint density at radius 2 is 1.97 bits per heavy atom. The van der Waals surface area contributed by atoms with Crippen LogP contribution in [0.3, 0.4) is 0 Å². The minimum absolute atomic E-state index is 0.0558. The third kappa shape index (κ3) is 5.80. The number of carbonyl (C=O) groups excluding carboxylic acids is 2. The summed E-state index contributed by atoms with van der Waals surface area (Å²) in [5.74, 6) is 0.144. The first-order chi connectivity index (χ1) is 15.1. The van der Waals surface area contributed by atoms with Gasteiger partial charge in [-0.25, -0.2) is 4.98 Å². The summed E-state index contributed by atoms with van der Waals surface area (Å²) < 4.78 is 5.09. The molecule has 0 spiro atoms. The Balaban J connectivity index is 1.19. The summed E-state index contributed by atoms with van der Waals surface area (Å²) in [6.45, 7) is 5.19. The highest BCUT2D eigenvalue weighted by atomic mass is 32.1. The second-order valence-corrected chi connectivity index (χ2v) is 8.82. The number of likely N-dealkylation sites (tertiary alicyclic amines) is 1. The largest absolute Gasteiger partial charge is 0.459 e. The van der Waals surface area contributed by atoms with E-state index in [1.54, 1.807) is 23.5 Å². The van der Waals surface area contributed by atoms with Crippen molar-refractivity contribution in [1.82, 2.24) is 15.2 Å². The molecule has 162 valence electrons. The molecule has 0 aliphatic carbocycles. The van der Waals surface area contributed by atoms with E-state index in [0.29, 0.717) is 12.2 Å². The van der Waals surface area contributed by atoms with Crippen molar-refractivity contribution < 1.29 is 14.0 Å². The molecule has 3 heterocycles. The van der Waals surface area contributed by atoms with Gasteiger partial charge < -0.3 is 15.1 Å². The second kappa shape index (κ2) is 9.89. The summed E-state index contributed by atoms with van der Waals surface area (Å²) in [6, 6.07) is 10.7. The number of piperidine rings is 1. The molecule has 4 rings (SSSR count). The van der Waals surface area contributed by atoms with E-state index in [1.165, 1.54) is 6.26 Å². The summed E-state index contributed by atoms with van der Waals surface area (Å²) in [6.07, 6.45) is 3.20. The van der Waals surface area contributed by atoms with E-state index in [-0.39, 0.29) is 23.5 Å². The Bertz CT molecular complexity index is 1010. The standard InChI is InChI=1S/C23H26N4O3S/c1-16-25-20(15-31-16)14-27-10-8-18(9-11-27)22(28)24-13-17-4-6-19(7-5-17)26-23(29)21-3-2-12-30-21/h2-7,12,15,18H,8-11,13-14H2,1H3,(H,24,28)(H,26,29). The normalized spacial score (nSPS) is 15.0. The van der Waals surface area contributed by atoms with E-state index >= 15 is 0 Å². The summed E-state index contributed by atoms with van der Waals surface area (Å²) >= 11 is 1.68. The molecule has 1 aromatic carbocycles. The molecule has 1 aliphatic heterocycles. The highest BCUT2D eigenvalue weighted by molar-refractivity contribution is 7.09. The van der Waals surface area contributed by atoms with Crippen LogP contribution in [-0.2, 0) is 17.9 Å². The summed E-state index contributed by atoms with van der Waals surface area (Å²) in [5, 5.41) is 9.04. The summed E-state index contributed by atoms with van der Waals surface area (Å²) in [5.41, 5.74) is 2.79. The van der Waals surface area contributed by atoms with Crippen molar-refractivity contribution in [2.45, 2.75) is 32.9 Å². The number of amides is 2. The van der Waals surface area contributed by atoms with Crippen molar-refractivity contribution in [2.75, 3.05) is 18.4 Å². The first-order valence-electron chi connectivity index (χ1n) is 10.4. The molecule has 7 nitrogen and oxygen atoms in total. The molecule has 0 atom stereocenters. The number of aromatic nitrogens is 1. The van der Waals surface area contributed by atoms with E-state index in [2.05, 4.69) is 25.9 Å². The second-order valence-electron chi connectivity index (χ2n) is 7.75. The topological polar surface area (TPSA) is 87.5 Å². The van der Waals surface area contributed by atoms with Gasteiger partial charge in [0, 0.05) is 30.1 Å². The molecule has 0 unspecified atom stereocenters. The van der Waals surface area contributed by atoms with Crippen molar-refractivity contribution >= 4 is 28.8 Å². The number of hydrogen-bond donors (Lipinski definition) is 2. The van der Waals surface area contributed by atoms with Gasteiger partial charge in [0.1, 0.15) is 0 Å². The van der Waals surface area contributed by atoms with Crippen LogP contribution < -0.4 is 10.6 Å². The lowest BCUT2D eigenvalue weighted by atomic mass is 9.95. The number of thiazole rings is 1. The van der Waals surface area contributed by atoms with E-state index in [9.17, 15) is 9.59 Å². The number of furan rings is 1. The van der Waals surface area contributed by atoms with Crippen LogP contribution in [0.1, 0.15) is 39.7 Å². The number of rotatable bonds is 7. The number of aryl methyl sites for hydroxylation is 1. The Morgan fingerprint density at radius 3 is 2.61 bits per heavy atom. The van der Waals surface area contributed by atoms with Gasteiger partial charge >= 0.3 is 0 Å². The van der Waals surface area contributed by atoms with E-state index in [0.717, 1.165) is 48.7 Å². The monoisotopic (exact) mass is 438 g/mol. The number of nitrogens with zero attached hydrogens (tertiary/aromatic N) is 2. The Morgan fingerprint density at radius 1 is 1.19 bits per heavy atom. The first kappa shape index (κ1) is 21.3. The third-order valence-electron chi connectivity index (χ3n) is 5.43. The minimum Gasteiger partial charge on any atom is -0.459 e. The number of benzene rings is 1. The molecule has 2 aromatic heterocycles. The highest BCUT2D eigenvalue weighted by Gasteiger charge is 2.25. The average molecular weight is 439 g/mol. The Hall–Kier alpha value is -2.97. The van der Waals surface area contributed by atoms with Gasteiger partial charge in [-0.05, 0) is 62.7 Å². The number of nitrogens with one attached hydrogen (secondary N) is 2. The van der Waals surface area contributed by atoms with Gasteiger partial charge in [-0.1, -0.05) is 12.1 Å². The van der Waals surface area contributed by atoms with Gasteiger partial charge in [-0.15, -0.1) is 11.3 Å². The molecule has 8 heteroatoms. The fourth-order valence-corrected chi connectivity index (χ4v) is 4.31. The van der Waals surface area contributed by atoms with Crippen LogP contribution in [0.15, 0.2) is 52.5 Å². The average Bonchev–Trinajstić information content (AvgIpc) is 3.46. The minimum atomic E-state index is -0.290. The Kier molecular flexibility index (Phi) is 6.79. The molecule has 0 bridgehead atoms. The van der Waals surface area contributed by atoms with Gasteiger partial charge in [-0.2, -0.15) is 0 Å². The molecule has 1 fully saturated rings. The van der Waals surface area contributed by atoms with Gasteiger partial charge in [-0.3, -0.25) is 14.5 Å². The highest BCUT2D eigenvalue weighted by Crippen LogP contribution is 2.20. The molecule has 2 N–H and O–H groups in total. The zero-order valence-corrected chi connectivity index (χ0v) is 18.3. The predicted octanol–water partition coefficient (Wildman–Crippen LogP) is 3.83. The SMILES string of the molecule is Cc1nc(CN2CCC(C(=O)NCc3ccc(NC(=O)c4ccco4)cc3)CC2)cs1. The van der Waals surface area contributed by atoms with E-state index in [1.807, 2.05) is 31.2 Å². The van der Waals surface area contributed by atoms with Gasteiger partial charge in [0.2, 0.25) is 5.91 Å². The fraction of sp³-hybridized carbons (Fsp3) is 0.348. The van der Waals surface area contributed by atoms with Crippen molar-refractivity contribution in [2.24, 2.45) is 5.92 Å². The maximum Gasteiger partial charge on any atom is 0.291 e. The lowest BCUT2D eigenvalue weighted by Gasteiger charge is -2.30. The molecule has 0 radical (unpaired) electrons. The van der Waals surface area contributed by atoms with E-state index < -0.39 is 0 Å². The van der Waals surface area contributed by atoms with Gasteiger partial charge in [0.15, 0.2) is 5.76 Å². The third-order valence-corrected chi connectivity index (χ3v) is 6.26. The van der Waals surface area contributed by atoms with E-state index in [4.69, 9.17) is 4.42 Å². The number of anilines is 1. The molecule has 2 amide bonds. The van der Waals surface area contributed by atoms with Crippen LogP contribution in [0.5, 0.6) is 0 Å². The fourth-order valence-electron chi connectivity index (χ4n) is 3.70. The lowest BCUT2D eigenvalue weighted by molar-refractivity contribution is -0.126. The number of hydrogen-bond acceptors (Lipinski definition) is 6. The maximum absolute atomic E-state index is 12.6. The molecule has 1 saturated heterocycles. The molecule has 31 heavy (non-hydrogen) atoms. The van der Waals surface area contributed by atoms with Crippen LogP contribution in [0.25, 0.3) is 0 Å².